The van der Waals surface area contributed by atoms with Crippen molar-refractivity contribution in [2.75, 3.05) is 25.1 Å². The lowest BCUT2D eigenvalue weighted by molar-refractivity contribution is 0.0695. The van der Waals surface area contributed by atoms with Crippen LogP contribution in [0, 0.1) is 11.7 Å². The van der Waals surface area contributed by atoms with Gasteiger partial charge in [-0.15, -0.1) is 0 Å². The van der Waals surface area contributed by atoms with Gasteiger partial charge in [-0.25, -0.2) is 9.18 Å². The summed E-state index contributed by atoms with van der Waals surface area (Å²) in [6.45, 7) is 3.19. The summed E-state index contributed by atoms with van der Waals surface area (Å²) in [4.78, 5) is 26.1. The van der Waals surface area contributed by atoms with Gasteiger partial charge in [-0.3, -0.25) is 4.79 Å². The van der Waals surface area contributed by atoms with Crippen molar-refractivity contribution in [2.45, 2.75) is 38.3 Å². The van der Waals surface area contributed by atoms with E-state index in [0.29, 0.717) is 24.5 Å². The highest BCUT2D eigenvalue weighted by molar-refractivity contribution is 5.97. The zero-order chi connectivity index (χ0) is 20.2. The molecule has 1 aromatic heterocycles. The molecule has 2 heterocycles. The van der Waals surface area contributed by atoms with Gasteiger partial charge in [0, 0.05) is 31.4 Å². The maximum atomic E-state index is 15.2. The first kappa shape index (κ1) is 18.7. The molecule has 0 amide bonds. The SMILES string of the molecule is COc1c(N2C[C@H](C)C[C@@H](N)C2)c(F)cc2c(=O)c(C(=O)O)cn(C3CC3)c12. The van der Waals surface area contributed by atoms with Crippen molar-refractivity contribution in [3.63, 3.8) is 0 Å². The second-order valence-electron chi connectivity index (χ2n) is 7.96. The first-order valence-corrected chi connectivity index (χ1v) is 9.51. The lowest BCUT2D eigenvalue weighted by Crippen LogP contribution is -2.46. The molecule has 0 spiro atoms. The summed E-state index contributed by atoms with van der Waals surface area (Å²) in [5.41, 5.74) is 5.82. The monoisotopic (exact) mass is 389 g/mol. The number of nitrogens with zero attached hydrogens (tertiary/aromatic N) is 2. The van der Waals surface area contributed by atoms with Crippen LogP contribution in [0.5, 0.6) is 5.75 Å². The van der Waals surface area contributed by atoms with Gasteiger partial charge < -0.3 is 25.0 Å². The molecular formula is C20H24FN3O4. The summed E-state index contributed by atoms with van der Waals surface area (Å²) in [5.74, 6) is -1.37. The van der Waals surface area contributed by atoms with E-state index in [0.717, 1.165) is 25.3 Å². The Morgan fingerprint density at radius 3 is 2.64 bits per heavy atom. The fourth-order valence-corrected chi connectivity index (χ4v) is 4.31. The number of rotatable bonds is 4. The van der Waals surface area contributed by atoms with Crippen LogP contribution in [0.3, 0.4) is 0 Å². The van der Waals surface area contributed by atoms with Crippen molar-refractivity contribution in [2.24, 2.45) is 11.7 Å². The molecule has 7 nitrogen and oxygen atoms in total. The Labute approximate surface area is 161 Å². The molecule has 8 heteroatoms. The van der Waals surface area contributed by atoms with Crippen molar-refractivity contribution in [3.8, 4) is 5.75 Å². The Kier molecular flexibility index (Phi) is 4.53. The molecule has 0 bridgehead atoms. The third-order valence-corrected chi connectivity index (χ3v) is 5.58. The fraction of sp³-hybridized carbons (Fsp3) is 0.500. The first-order chi connectivity index (χ1) is 13.3. The molecule has 28 heavy (non-hydrogen) atoms. The molecule has 2 aliphatic rings. The number of nitrogens with two attached hydrogens (primary N) is 1. The van der Waals surface area contributed by atoms with E-state index in [2.05, 4.69) is 6.92 Å². The number of carboxylic acids is 1. The number of anilines is 1. The number of aromatic carboxylic acids is 1. The van der Waals surface area contributed by atoms with Crippen LogP contribution in [0.25, 0.3) is 10.9 Å². The number of hydrogen-bond acceptors (Lipinski definition) is 5. The highest BCUT2D eigenvalue weighted by Crippen LogP contribution is 2.44. The van der Waals surface area contributed by atoms with Gasteiger partial charge in [0.05, 0.1) is 18.0 Å². The molecule has 2 fully saturated rings. The molecule has 1 aliphatic heterocycles. The van der Waals surface area contributed by atoms with Crippen molar-refractivity contribution in [1.82, 2.24) is 4.57 Å². The Morgan fingerprint density at radius 2 is 2.07 bits per heavy atom. The fourth-order valence-electron chi connectivity index (χ4n) is 4.31. The number of ether oxygens (including phenoxy) is 1. The van der Waals surface area contributed by atoms with Gasteiger partial charge in [0.15, 0.2) is 11.6 Å². The third kappa shape index (κ3) is 3.01. The van der Waals surface area contributed by atoms with E-state index in [1.54, 1.807) is 4.57 Å². The van der Waals surface area contributed by atoms with E-state index in [1.807, 2.05) is 4.90 Å². The largest absolute Gasteiger partial charge is 0.492 e. The third-order valence-electron chi connectivity index (χ3n) is 5.58. The molecule has 150 valence electrons. The lowest BCUT2D eigenvalue weighted by atomic mass is 9.95. The van der Waals surface area contributed by atoms with Crippen LogP contribution in [-0.2, 0) is 0 Å². The number of hydrogen-bond donors (Lipinski definition) is 2. The maximum absolute atomic E-state index is 15.2. The standard InChI is InChI=1S/C20H24FN3O4/c1-10-5-11(22)8-23(7-10)17-15(21)6-13-16(19(17)28-2)24(12-3-4-12)9-14(18(13)25)20(26)27/h6,9-12H,3-5,7-8,22H2,1-2H3,(H,26,27)/t10-,11-/m1/s1. The molecule has 2 atom stereocenters. The topological polar surface area (TPSA) is 97.8 Å². The van der Waals surface area contributed by atoms with Gasteiger partial charge in [-0.1, -0.05) is 6.92 Å². The normalized spacial score (nSPS) is 22.5. The van der Waals surface area contributed by atoms with Crippen LogP contribution in [0.4, 0.5) is 10.1 Å². The molecule has 2 aromatic rings. The smallest absolute Gasteiger partial charge is 0.341 e. The predicted octanol–water partition coefficient (Wildman–Crippen LogP) is 2.36. The van der Waals surface area contributed by atoms with Gasteiger partial charge in [0.25, 0.3) is 0 Å². The van der Waals surface area contributed by atoms with Gasteiger partial charge in [0.2, 0.25) is 5.43 Å². The van der Waals surface area contributed by atoms with E-state index in [4.69, 9.17) is 10.5 Å². The first-order valence-electron chi connectivity index (χ1n) is 9.51. The number of pyridine rings is 1. The quantitative estimate of drug-likeness (QED) is 0.833. The van der Waals surface area contributed by atoms with Crippen molar-refractivity contribution in [3.05, 3.63) is 33.9 Å². The van der Waals surface area contributed by atoms with Crippen molar-refractivity contribution in [1.29, 1.82) is 0 Å². The highest BCUT2D eigenvalue weighted by atomic mass is 19.1. The van der Waals surface area contributed by atoms with Gasteiger partial charge in [-0.2, -0.15) is 0 Å². The number of fused-ring (bicyclic) bond motifs is 1. The summed E-state index contributed by atoms with van der Waals surface area (Å²) in [6.07, 6.45) is 3.97. The lowest BCUT2D eigenvalue weighted by Gasteiger charge is -2.37. The summed E-state index contributed by atoms with van der Waals surface area (Å²) in [7, 11) is 1.44. The minimum Gasteiger partial charge on any atom is -0.492 e. The van der Waals surface area contributed by atoms with Gasteiger partial charge in [0.1, 0.15) is 11.3 Å². The minimum absolute atomic E-state index is 0.0271. The van der Waals surface area contributed by atoms with E-state index >= 15 is 4.39 Å². The number of carbonyl (C=O) groups is 1. The number of carboxylic acid groups (broad SMARTS) is 1. The second kappa shape index (κ2) is 6.77. The van der Waals surface area contributed by atoms with Gasteiger partial charge >= 0.3 is 5.97 Å². The Morgan fingerprint density at radius 1 is 1.36 bits per heavy atom. The molecule has 1 aliphatic carbocycles. The molecule has 0 radical (unpaired) electrons. The number of benzene rings is 1. The van der Waals surface area contributed by atoms with Crippen LogP contribution in [0.15, 0.2) is 17.1 Å². The zero-order valence-corrected chi connectivity index (χ0v) is 15.9. The van der Waals surface area contributed by atoms with Crippen molar-refractivity contribution >= 4 is 22.6 Å². The Hall–Kier alpha value is -2.61. The summed E-state index contributed by atoms with van der Waals surface area (Å²) in [6, 6.07) is 1.14. The van der Waals surface area contributed by atoms with E-state index in [-0.39, 0.29) is 34.5 Å². The molecule has 1 saturated carbocycles. The van der Waals surface area contributed by atoms with E-state index < -0.39 is 17.2 Å². The van der Waals surface area contributed by atoms with Crippen LogP contribution in [-0.4, -0.2) is 41.9 Å². The molecule has 3 N–H and O–H groups in total. The average molecular weight is 389 g/mol. The maximum Gasteiger partial charge on any atom is 0.341 e. The number of piperidine rings is 1. The molecular weight excluding hydrogens is 365 g/mol. The summed E-state index contributed by atoms with van der Waals surface area (Å²) >= 11 is 0. The zero-order valence-electron chi connectivity index (χ0n) is 15.9. The average Bonchev–Trinajstić information content (AvgIpc) is 3.45. The predicted molar refractivity (Wildman–Crippen MR) is 104 cm³/mol. The van der Waals surface area contributed by atoms with Crippen molar-refractivity contribution < 1.29 is 19.0 Å². The summed E-state index contributed by atoms with van der Waals surface area (Å²) < 4.78 is 22.6. The van der Waals surface area contributed by atoms with E-state index in [1.165, 1.54) is 13.3 Å². The van der Waals surface area contributed by atoms with E-state index in [9.17, 15) is 14.7 Å². The number of halogens is 1. The van der Waals surface area contributed by atoms with Crippen LogP contribution in [0.2, 0.25) is 0 Å². The second-order valence-corrected chi connectivity index (χ2v) is 7.96. The molecule has 1 saturated heterocycles. The number of methoxy groups -OCH3 is 1. The Balaban J connectivity index is 2.02. The molecule has 4 rings (SSSR count). The van der Waals surface area contributed by atoms with Crippen LogP contribution in [0.1, 0.15) is 42.6 Å². The molecule has 1 aromatic carbocycles. The van der Waals surface area contributed by atoms with Gasteiger partial charge in [-0.05, 0) is 31.2 Å². The number of aromatic nitrogens is 1. The summed E-state index contributed by atoms with van der Waals surface area (Å²) in [5, 5.41) is 9.43. The Bertz CT molecular complexity index is 1000. The molecule has 0 unspecified atom stereocenters. The van der Waals surface area contributed by atoms with Crippen LogP contribution >= 0.6 is 0 Å². The van der Waals surface area contributed by atoms with Crippen LogP contribution < -0.4 is 20.8 Å². The highest BCUT2D eigenvalue weighted by Gasteiger charge is 2.33. The minimum atomic E-state index is -1.32.